The third-order valence-electron chi connectivity index (χ3n) is 3.86. The molecule has 0 aliphatic carbocycles. The standard InChI is InChI=1S/C16H17N3O/c1-3-7-14-12(5-1)17-9-10-19(14)16-11-20-15-8-4-2-6-13(15)18-16/h1-8,16-18H,9-11H2. The lowest BCUT2D eigenvalue weighted by Gasteiger charge is -2.40. The molecule has 2 aromatic rings. The predicted molar refractivity (Wildman–Crippen MR) is 81.6 cm³/mol. The third-order valence-corrected chi connectivity index (χ3v) is 3.86. The predicted octanol–water partition coefficient (Wildman–Crippen LogP) is 2.75. The van der Waals surface area contributed by atoms with Crippen LogP contribution in [0.3, 0.4) is 0 Å². The Bertz CT molecular complexity index is 629. The highest BCUT2D eigenvalue weighted by atomic mass is 16.5. The third kappa shape index (κ3) is 1.84. The zero-order valence-corrected chi connectivity index (χ0v) is 11.2. The summed E-state index contributed by atoms with van der Waals surface area (Å²) in [5.41, 5.74) is 3.50. The average molecular weight is 267 g/mol. The molecular formula is C16H17N3O. The monoisotopic (exact) mass is 267 g/mol. The Hall–Kier alpha value is -2.36. The number of ether oxygens (including phenoxy) is 1. The van der Waals surface area contributed by atoms with Gasteiger partial charge in [0.05, 0.1) is 17.1 Å². The summed E-state index contributed by atoms with van der Waals surface area (Å²) < 4.78 is 5.88. The second kappa shape index (κ2) is 4.63. The van der Waals surface area contributed by atoms with E-state index in [4.69, 9.17) is 4.74 Å². The molecule has 20 heavy (non-hydrogen) atoms. The van der Waals surface area contributed by atoms with E-state index >= 15 is 0 Å². The molecular weight excluding hydrogens is 250 g/mol. The summed E-state index contributed by atoms with van der Waals surface area (Å²) in [6.07, 6.45) is 0.174. The molecule has 2 aromatic carbocycles. The van der Waals surface area contributed by atoms with Crippen LogP contribution in [0.1, 0.15) is 0 Å². The molecule has 4 nitrogen and oxygen atoms in total. The van der Waals surface area contributed by atoms with Crippen molar-refractivity contribution in [3.63, 3.8) is 0 Å². The van der Waals surface area contributed by atoms with Crippen LogP contribution in [0.2, 0.25) is 0 Å². The fourth-order valence-corrected chi connectivity index (χ4v) is 2.90. The van der Waals surface area contributed by atoms with Gasteiger partial charge in [-0.15, -0.1) is 0 Å². The highest BCUT2D eigenvalue weighted by molar-refractivity contribution is 5.73. The van der Waals surface area contributed by atoms with E-state index in [1.165, 1.54) is 11.4 Å². The molecule has 2 heterocycles. The quantitative estimate of drug-likeness (QED) is 0.833. The van der Waals surface area contributed by atoms with Gasteiger partial charge in [0, 0.05) is 13.1 Å². The number of fused-ring (bicyclic) bond motifs is 2. The molecule has 2 N–H and O–H groups in total. The van der Waals surface area contributed by atoms with Gasteiger partial charge in [-0.2, -0.15) is 0 Å². The van der Waals surface area contributed by atoms with E-state index < -0.39 is 0 Å². The largest absolute Gasteiger partial charge is 0.487 e. The minimum atomic E-state index is 0.174. The van der Waals surface area contributed by atoms with Gasteiger partial charge in [-0.25, -0.2) is 0 Å². The van der Waals surface area contributed by atoms with Crippen molar-refractivity contribution in [1.29, 1.82) is 0 Å². The Labute approximate surface area is 118 Å². The molecule has 0 bridgehead atoms. The Kier molecular flexibility index (Phi) is 2.66. The minimum absolute atomic E-state index is 0.174. The van der Waals surface area contributed by atoms with Crippen LogP contribution in [0, 0.1) is 0 Å². The Balaban J connectivity index is 1.64. The lowest BCUT2D eigenvalue weighted by Crippen LogP contribution is -2.50. The van der Waals surface area contributed by atoms with Crippen LogP contribution in [0.4, 0.5) is 17.1 Å². The first-order valence-electron chi connectivity index (χ1n) is 7.00. The van der Waals surface area contributed by atoms with Crippen LogP contribution in [-0.2, 0) is 0 Å². The topological polar surface area (TPSA) is 36.5 Å². The van der Waals surface area contributed by atoms with Crippen molar-refractivity contribution in [2.45, 2.75) is 6.17 Å². The molecule has 4 heteroatoms. The van der Waals surface area contributed by atoms with Gasteiger partial charge in [-0.1, -0.05) is 24.3 Å². The van der Waals surface area contributed by atoms with Gasteiger partial charge in [0.15, 0.2) is 0 Å². The average Bonchev–Trinajstić information content (AvgIpc) is 2.54. The number of hydrogen-bond acceptors (Lipinski definition) is 4. The number of hydrogen-bond donors (Lipinski definition) is 2. The summed E-state index contributed by atoms with van der Waals surface area (Å²) >= 11 is 0. The summed E-state index contributed by atoms with van der Waals surface area (Å²) in [5, 5.41) is 7.02. The maximum absolute atomic E-state index is 5.88. The van der Waals surface area contributed by atoms with E-state index in [0.29, 0.717) is 6.61 Å². The van der Waals surface area contributed by atoms with Gasteiger partial charge < -0.3 is 20.3 Å². The Morgan fingerprint density at radius 3 is 2.75 bits per heavy atom. The SMILES string of the molecule is c1ccc2c(c1)NC(N1CCNc3ccccc31)CO2. The number of rotatable bonds is 1. The minimum Gasteiger partial charge on any atom is -0.487 e. The lowest BCUT2D eigenvalue weighted by molar-refractivity contribution is 0.280. The van der Waals surface area contributed by atoms with Crippen LogP contribution in [0.15, 0.2) is 48.5 Å². The molecule has 0 spiro atoms. The summed E-state index contributed by atoms with van der Waals surface area (Å²) in [6, 6.07) is 16.5. The molecule has 0 saturated carbocycles. The van der Waals surface area contributed by atoms with Crippen molar-refractivity contribution in [3.05, 3.63) is 48.5 Å². The second-order valence-electron chi connectivity index (χ2n) is 5.10. The van der Waals surface area contributed by atoms with Crippen LogP contribution in [0.25, 0.3) is 0 Å². The van der Waals surface area contributed by atoms with E-state index in [1.54, 1.807) is 0 Å². The van der Waals surface area contributed by atoms with E-state index in [1.807, 2.05) is 18.2 Å². The van der Waals surface area contributed by atoms with E-state index in [0.717, 1.165) is 24.5 Å². The first kappa shape index (κ1) is 11.5. The summed E-state index contributed by atoms with van der Waals surface area (Å²) in [5.74, 6) is 0.937. The van der Waals surface area contributed by atoms with Crippen molar-refractivity contribution >= 4 is 17.1 Å². The Morgan fingerprint density at radius 1 is 1.00 bits per heavy atom. The summed E-state index contributed by atoms with van der Waals surface area (Å²) in [6.45, 7) is 2.59. The van der Waals surface area contributed by atoms with Crippen LogP contribution in [-0.4, -0.2) is 25.9 Å². The molecule has 0 aromatic heterocycles. The van der Waals surface area contributed by atoms with Crippen molar-refractivity contribution < 1.29 is 4.74 Å². The second-order valence-corrected chi connectivity index (χ2v) is 5.10. The van der Waals surface area contributed by atoms with E-state index in [-0.39, 0.29) is 6.17 Å². The highest BCUT2D eigenvalue weighted by Crippen LogP contribution is 2.34. The van der Waals surface area contributed by atoms with Gasteiger partial charge in [0.1, 0.15) is 18.5 Å². The van der Waals surface area contributed by atoms with Gasteiger partial charge in [-0.05, 0) is 24.3 Å². The summed E-state index contributed by atoms with van der Waals surface area (Å²) in [7, 11) is 0. The van der Waals surface area contributed by atoms with E-state index in [9.17, 15) is 0 Å². The molecule has 2 aliphatic rings. The zero-order chi connectivity index (χ0) is 13.4. The fraction of sp³-hybridized carbons (Fsp3) is 0.250. The van der Waals surface area contributed by atoms with Crippen LogP contribution < -0.4 is 20.3 Å². The lowest BCUT2D eigenvalue weighted by atomic mass is 10.1. The first-order valence-corrected chi connectivity index (χ1v) is 7.00. The van der Waals surface area contributed by atoms with Crippen molar-refractivity contribution in [2.75, 3.05) is 35.2 Å². The van der Waals surface area contributed by atoms with Crippen LogP contribution >= 0.6 is 0 Å². The maximum Gasteiger partial charge on any atom is 0.142 e. The molecule has 0 radical (unpaired) electrons. The molecule has 0 amide bonds. The molecule has 0 fully saturated rings. The van der Waals surface area contributed by atoms with Crippen molar-refractivity contribution in [1.82, 2.24) is 0 Å². The molecule has 4 rings (SSSR count). The van der Waals surface area contributed by atoms with Gasteiger partial charge in [0.25, 0.3) is 0 Å². The molecule has 102 valence electrons. The number of nitrogens with zero attached hydrogens (tertiary/aromatic N) is 1. The molecule has 1 atom stereocenters. The van der Waals surface area contributed by atoms with Crippen LogP contribution in [0.5, 0.6) is 5.75 Å². The maximum atomic E-state index is 5.88. The molecule has 0 saturated heterocycles. The van der Waals surface area contributed by atoms with Crippen molar-refractivity contribution in [2.24, 2.45) is 0 Å². The highest BCUT2D eigenvalue weighted by Gasteiger charge is 2.27. The number of para-hydroxylation sites is 4. The van der Waals surface area contributed by atoms with Gasteiger partial charge in [-0.3, -0.25) is 0 Å². The zero-order valence-electron chi connectivity index (χ0n) is 11.2. The van der Waals surface area contributed by atoms with Gasteiger partial charge in [0.2, 0.25) is 0 Å². The van der Waals surface area contributed by atoms with Crippen molar-refractivity contribution in [3.8, 4) is 5.75 Å². The smallest absolute Gasteiger partial charge is 0.142 e. The first-order chi connectivity index (χ1) is 9.92. The Morgan fingerprint density at radius 2 is 1.80 bits per heavy atom. The van der Waals surface area contributed by atoms with E-state index in [2.05, 4.69) is 45.9 Å². The summed E-state index contributed by atoms with van der Waals surface area (Å²) in [4.78, 5) is 2.38. The number of anilines is 3. The fourth-order valence-electron chi connectivity index (χ4n) is 2.90. The normalized spacial score (nSPS) is 20.0. The molecule has 2 aliphatic heterocycles. The molecule has 1 unspecified atom stereocenters. The number of nitrogens with one attached hydrogen (secondary N) is 2. The number of benzene rings is 2. The van der Waals surface area contributed by atoms with Gasteiger partial charge >= 0.3 is 0 Å².